The van der Waals surface area contributed by atoms with Crippen molar-refractivity contribution in [3.8, 4) is 0 Å². The number of ketones is 2. The van der Waals surface area contributed by atoms with E-state index < -0.39 is 5.41 Å². The van der Waals surface area contributed by atoms with E-state index in [1.807, 2.05) is 44.2 Å². The fourth-order valence-corrected chi connectivity index (χ4v) is 2.37. The van der Waals surface area contributed by atoms with E-state index in [9.17, 15) is 9.59 Å². The van der Waals surface area contributed by atoms with Crippen LogP contribution in [0, 0.1) is 0 Å². The SMILES string of the molecule is CC(=O)CC1=Cc2ccccc2C(C)(C)C1=O. The molecule has 0 amide bonds. The molecule has 0 N–H and O–H groups in total. The number of fused-ring (bicyclic) bond motifs is 1. The average molecular weight is 228 g/mol. The summed E-state index contributed by atoms with van der Waals surface area (Å²) < 4.78 is 0. The van der Waals surface area contributed by atoms with Crippen LogP contribution in [0.25, 0.3) is 6.08 Å². The van der Waals surface area contributed by atoms with E-state index in [1.165, 1.54) is 6.92 Å². The van der Waals surface area contributed by atoms with Crippen molar-refractivity contribution in [2.45, 2.75) is 32.6 Å². The highest BCUT2D eigenvalue weighted by Gasteiger charge is 2.36. The van der Waals surface area contributed by atoms with Gasteiger partial charge < -0.3 is 0 Å². The third-order valence-corrected chi connectivity index (χ3v) is 3.26. The first kappa shape index (κ1) is 11.8. The van der Waals surface area contributed by atoms with Crippen molar-refractivity contribution in [1.29, 1.82) is 0 Å². The van der Waals surface area contributed by atoms with Gasteiger partial charge in [0.2, 0.25) is 0 Å². The summed E-state index contributed by atoms with van der Waals surface area (Å²) in [5, 5.41) is 0. The van der Waals surface area contributed by atoms with Crippen LogP contribution in [0.15, 0.2) is 29.8 Å². The van der Waals surface area contributed by atoms with E-state index in [0.717, 1.165) is 11.1 Å². The number of Topliss-reactive ketones (excluding diaryl/α,β-unsaturated/α-hetero) is 2. The van der Waals surface area contributed by atoms with Crippen LogP contribution in [-0.2, 0) is 15.0 Å². The van der Waals surface area contributed by atoms with Crippen molar-refractivity contribution in [3.05, 3.63) is 41.0 Å². The smallest absolute Gasteiger partial charge is 0.169 e. The molecule has 1 aromatic carbocycles. The summed E-state index contributed by atoms with van der Waals surface area (Å²) in [6.45, 7) is 5.35. The van der Waals surface area contributed by atoms with Crippen LogP contribution in [0.5, 0.6) is 0 Å². The molecule has 2 heteroatoms. The molecule has 0 heterocycles. The minimum absolute atomic E-state index is 0.0276. The molecule has 0 aromatic heterocycles. The minimum atomic E-state index is -0.532. The molecule has 0 bridgehead atoms. The number of rotatable bonds is 2. The second kappa shape index (κ2) is 3.95. The Morgan fingerprint density at radius 2 is 1.88 bits per heavy atom. The molecule has 0 aliphatic heterocycles. The standard InChI is InChI=1S/C15H16O2/c1-10(16)8-12-9-11-6-4-5-7-13(11)15(2,3)14(12)17/h4-7,9H,8H2,1-3H3. The summed E-state index contributed by atoms with van der Waals surface area (Å²) in [5.74, 6) is 0.0891. The topological polar surface area (TPSA) is 34.1 Å². The molecule has 0 unspecified atom stereocenters. The molecule has 1 aromatic rings. The third kappa shape index (κ3) is 1.95. The van der Waals surface area contributed by atoms with Crippen LogP contribution >= 0.6 is 0 Å². The molecule has 1 aliphatic rings. The highest BCUT2D eigenvalue weighted by Crippen LogP contribution is 2.36. The van der Waals surface area contributed by atoms with Crippen molar-refractivity contribution >= 4 is 17.6 Å². The summed E-state index contributed by atoms with van der Waals surface area (Å²) in [6, 6.07) is 7.86. The first-order valence-electron chi connectivity index (χ1n) is 5.77. The van der Waals surface area contributed by atoms with Gasteiger partial charge in [-0.25, -0.2) is 0 Å². The molecule has 0 saturated carbocycles. The number of hydrogen-bond acceptors (Lipinski definition) is 2. The molecule has 2 nitrogen and oxygen atoms in total. The van der Waals surface area contributed by atoms with E-state index in [-0.39, 0.29) is 18.0 Å². The fraction of sp³-hybridized carbons (Fsp3) is 0.333. The molecule has 0 atom stereocenters. The predicted molar refractivity (Wildman–Crippen MR) is 67.8 cm³/mol. The third-order valence-electron chi connectivity index (χ3n) is 3.26. The molecule has 1 aliphatic carbocycles. The van der Waals surface area contributed by atoms with Gasteiger partial charge in [-0.15, -0.1) is 0 Å². The van der Waals surface area contributed by atoms with Gasteiger partial charge in [0.15, 0.2) is 5.78 Å². The number of carbonyl (C=O) groups excluding carboxylic acids is 2. The molecule has 2 rings (SSSR count). The van der Waals surface area contributed by atoms with Crippen LogP contribution in [-0.4, -0.2) is 11.6 Å². The average Bonchev–Trinajstić information content (AvgIpc) is 2.25. The van der Waals surface area contributed by atoms with Gasteiger partial charge >= 0.3 is 0 Å². The van der Waals surface area contributed by atoms with E-state index >= 15 is 0 Å². The van der Waals surface area contributed by atoms with Gasteiger partial charge in [0, 0.05) is 12.0 Å². The molecular weight excluding hydrogens is 212 g/mol. The van der Waals surface area contributed by atoms with Gasteiger partial charge in [-0.05, 0) is 38.0 Å². The Labute approximate surface area is 101 Å². The Balaban J connectivity index is 2.56. The minimum Gasteiger partial charge on any atom is -0.300 e. The lowest BCUT2D eigenvalue weighted by atomic mass is 9.71. The Morgan fingerprint density at radius 1 is 1.24 bits per heavy atom. The molecule has 88 valence electrons. The lowest BCUT2D eigenvalue weighted by molar-refractivity contribution is -0.122. The van der Waals surface area contributed by atoms with Gasteiger partial charge in [-0.1, -0.05) is 24.3 Å². The highest BCUT2D eigenvalue weighted by atomic mass is 16.1. The van der Waals surface area contributed by atoms with Gasteiger partial charge in [0.05, 0.1) is 5.41 Å². The molecule has 0 spiro atoms. The van der Waals surface area contributed by atoms with E-state index in [0.29, 0.717) is 5.57 Å². The Kier molecular flexibility index (Phi) is 2.74. The number of carbonyl (C=O) groups is 2. The first-order valence-corrected chi connectivity index (χ1v) is 5.77. The zero-order valence-electron chi connectivity index (χ0n) is 10.4. The summed E-state index contributed by atoms with van der Waals surface area (Å²) in [4.78, 5) is 23.5. The van der Waals surface area contributed by atoms with Crippen molar-refractivity contribution in [3.63, 3.8) is 0 Å². The summed E-state index contributed by atoms with van der Waals surface area (Å²) in [5.41, 5.74) is 2.18. The molecular formula is C15H16O2. The van der Waals surface area contributed by atoms with Crippen molar-refractivity contribution < 1.29 is 9.59 Å². The largest absolute Gasteiger partial charge is 0.300 e. The van der Waals surface area contributed by atoms with Crippen LogP contribution in [0.2, 0.25) is 0 Å². The maximum Gasteiger partial charge on any atom is 0.169 e. The monoisotopic (exact) mass is 228 g/mol. The second-order valence-electron chi connectivity index (χ2n) is 5.09. The summed E-state index contributed by atoms with van der Waals surface area (Å²) in [7, 11) is 0. The van der Waals surface area contributed by atoms with E-state index in [4.69, 9.17) is 0 Å². The lowest BCUT2D eigenvalue weighted by Crippen LogP contribution is -2.34. The molecule has 0 saturated heterocycles. The van der Waals surface area contributed by atoms with Crippen LogP contribution in [0.4, 0.5) is 0 Å². The lowest BCUT2D eigenvalue weighted by Gasteiger charge is -2.30. The van der Waals surface area contributed by atoms with Gasteiger partial charge in [0.1, 0.15) is 5.78 Å². The molecule has 17 heavy (non-hydrogen) atoms. The fourth-order valence-electron chi connectivity index (χ4n) is 2.37. The van der Waals surface area contributed by atoms with E-state index in [1.54, 1.807) is 0 Å². The van der Waals surface area contributed by atoms with Crippen molar-refractivity contribution in [1.82, 2.24) is 0 Å². The van der Waals surface area contributed by atoms with Gasteiger partial charge in [-0.3, -0.25) is 9.59 Å². The first-order chi connectivity index (χ1) is 7.93. The summed E-state index contributed by atoms with van der Waals surface area (Å²) >= 11 is 0. The van der Waals surface area contributed by atoms with Crippen molar-refractivity contribution in [2.75, 3.05) is 0 Å². The predicted octanol–water partition coefficient (Wildman–Crippen LogP) is 2.91. The molecule has 0 radical (unpaired) electrons. The maximum atomic E-state index is 12.3. The normalized spacial score (nSPS) is 17.4. The Bertz CT molecular complexity index is 521. The number of hydrogen-bond donors (Lipinski definition) is 0. The zero-order valence-corrected chi connectivity index (χ0v) is 10.4. The van der Waals surface area contributed by atoms with Crippen LogP contribution in [0.3, 0.4) is 0 Å². The Morgan fingerprint density at radius 3 is 2.53 bits per heavy atom. The zero-order chi connectivity index (χ0) is 12.6. The second-order valence-corrected chi connectivity index (χ2v) is 5.09. The Hall–Kier alpha value is -1.70. The van der Waals surface area contributed by atoms with E-state index in [2.05, 4.69) is 0 Å². The number of allylic oxidation sites excluding steroid dienone is 1. The molecule has 0 fully saturated rings. The number of benzene rings is 1. The van der Waals surface area contributed by atoms with Crippen molar-refractivity contribution in [2.24, 2.45) is 0 Å². The van der Waals surface area contributed by atoms with Gasteiger partial charge in [-0.2, -0.15) is 0 Å². The van der Waals surface area contributed by atoms with Crippen LogP contribution < -0.4 is 0 Å². The maximum absolute atomic E-state index is 12.3. The van der Waals surface area contributed by atoms with Gasteiger partial charge in [0.25, 0.3) is 0 Å². The quantitative estimate of drug-likeness (QED) is 0.780. The van der Waals surface area contributed by atoms with Crippen LogP contribution in [0.1, 0.15) is 38.3 Å². The summed E-state index contributed by atoms with van der Waals surface area (Å²) in [6.07, 6.45) is 2.08. The highest BCUT2D eigenvalue weighted by molar-refractivity contribution is 6.11.